The van der Waals surface area contributed by atoms with E-state index in [1.54, 1.807) is 0 Å². The van der Waals surface area contributed by atoms with Gasteiger partial charge in [0.15, 0.2) is 0 Å². The Bertz CT molecular complexity index is 425. The molecule has 0 spiro atoms. The number of rotatable bonds is 5. The summed E-state index contributed by atoms with van der Waals surface area (Å²) in [5.74, 6) is 0. The fourth-order valence-electron chi connectivity index (χ4n) is 2.85. The number of nitrogens with zero attached hydrogens (tertiary/aromatic N) is 1. The van der Waals surface area contributed by atoms with Crippen LogP contribution in [0.2, 0.25) is 5.02 Å². The Hall–Kier alpha value is -0.770. The van der Waals surface area contributed by atoms with E-state index in [-0.39, 0.29) is 12.6 Å². The van der Waals surface area contributed by atoms with E-state index in [1.165, 1.54) is 24.8 Å². The van der Waals surface area contributed by atoms with E-state index in [1.807, 2.05) is 6.07 Å². The number of hydrogen-bond acceptors (Lipinski definition) is 3. The quantitative estimate of drug-likeness (QED) is 0.876. The number of nitrogens with one attached hydrogen (secondary N) is 1. The number of aliphatic hydroxyl groups excluding tert-OH is 1. The lowest BCUT2D eigenvalue weighted by Crippen LogP contribution is -2.37. The molecule has 1 aliphatic heterocycles. The summed E-state index contributed by atoms with van der Waals surface area (Å²) in [7, 11) is 0. The summed E-state index contributed by atoms with van der Waals surface area (Å²) in [6, 6.07) is 6.47. The van der Waals surface area contributed by atoms with Crippen LogP contribution in [0.3, 0.4) is 0 Å². The molecule has 4 heteroatoms. The third kappa shape index (κ3) is 3.87. The summed E-state index contributed by atoms with van der Waals surface area (Å²) in [5, 5.41) is 13.7. The smallest absolute Gasteiger partial charge is 0.0642 e. The van der Waals surface area contributed by atoms with Gasteiger partial charge in [-0.1, -0.05) is 37.4 Å². The van der Waals surface area contributed by atoms with Crippen LogP contribution in [0, 0.1) is 0 Å². The average Bonchev–Trinajstić information content (AvgIpc) is 2.70. The van der Waals surface area contributed by atoms with Crippen LogP contribution in [0.15, 0.2) is 18.2 Å². The molecular formula is C16H25ClN2O. The molecule has 1 aromatic carbocycles. The highest BCUT2D eigenvalue weighted by atomic mass is 35.5. The van der Waals surface area contributed by atoms with Crippen molar-refractivity contribution in [3.63, 3.8) is 0 Å². The van der Waals surface area contributed by atoms with E-state index in [0.717, 1.165) is 36.8 Å². The molecule has 1 saturated heterocycles. The summed E-state index contributed by atoms with van der Waals surface area (Å²) >= 11 is 6.47. The van der Waals surface area contributed by atoms with Gasteiger partial charge < -0.3 is 15.3 Å². The summed E-state index contributed by atoms with van der Waals surface area (Å²) in [6.45, 7) is 5.09. The van der Waals surface area contributed by atoms with Crippen molar-refractivity contribution in [3.05, 3.63) is 28.8 Å². The Balaban J connectivity index is 2.17. The van der Waals surface area contributed by atoms with Crippen LogP contribution in [0.25, 0.3) is 0 Å². The van der Waals surface area contributed by atoms with Crippen LogP contribution < -0.4 is 10.2 Å². The molecule has 1 unspecified atom stereocenters. The van der Waals surface area contributed by atoms with E-state index in [0.29, 0.717) is 0 Å². The molecule has 0 amide bonds. The Morgan fingerprint density at radius 1 is 1.35 bits per heavy atom. The summed E-state index contributed by atoms with van der Waals surface area (Å²) < 4.78 is 0. The zero-order valence-electron chi connectivity index (χ0n) is 12.2. The predicted molar refractivity (Wildman–Crippen MR) is 85.5 cm³/mol. The van der Waals surface area contributed by atoms with Gasteiger partial charge in [0, 0.05) is 13.1 Å². The molecule has 0 aromatic heterocycles. The average molecular weight is 297 g/mol. The number of benzene rings is 1. The Labute approximate surface area is 126 Å². The molecule has 0 bridgehead atoms. The SMILES string of the molecule is CCNCc1ccc(N2CCCCCC2CO)c(Cl)c1. The van der Waals surface area contributed by atoms with Gasteiger partial charge in [-0.2, -0.15) is 0 Å². The Morgan fingerprint density at radius 3 is 2.90 bits per heavy atom. The van der Waals surface area contributed by atoms with E-state index in [4.69, 9.17) is 11.6 Å². The van der Waals surface area contributed by atoms with Crippen molar-refractivity contribution in [2.75, 3.05) is 24.6 Å². The minimum absolute atomic E-state index is 0.203. The fraction of sp³-hybridized carbons (Fsp3) is 0.625. The predicted octanol–water partition coefficient (Wildman–Crippen LogP) is 3.19. The molecule has 1 atom stereocenters. The van der Waals surface area contributed by atoms with Crippen molar-refractivity contribution in [3.8, 4) is 0 Å². The van der Waals surface area contributed by atoms with Gasteiger partial charge in [-0.15, -0.1) is 0 Å². The van der Waals surface area contributed by atoms with Gasteiger partial charge in [0.2, 0.25) is 0 Å². The van der Waals surface area contributed by atoms with Gasteiger partial charge in [0.05, 0.1) is 23.4 Å². The van der Waals surface area contributed by atoms with Crippen LogP contribution in [0.4, 0.5) is 5.69 Å². The van der Waals surface area contributed by atoms with E-state index >= 15 is 0 Å². The molecule has 20 heavy (non-hydrogen) atoms. The summed E-state index contributed by atoms with van der Waals surface area (Å²) in [6.07, 6.45) is 4.65. The minimum Gasteiger partial charge on any atom is -0.394 e. The second kappa shape index (κ2) is 7.87. The lowest BCUT2D eigenvalue weighted by Gasteiger charge is -2.31. The largest absolute Gasteiger partial charge is 0.394 e. The molecule has 0 saturated carbocycles. The molecule has 1 aliphatic rings. The second-order valence-electron chi connectivity index (χ2n) is 5.45. The Kier molecular flexibility index (Phi) is 6.14. The van der Waals surface area contributed by atoms with E-state index in [9.17, 15) is 5.11 Å². The first-order valence-electron chi connectivity index (χ1n) is 7.63. The molecule has 0 aliphatic carbocycles. The maximum absolute atomic E-state index is 9.61. The molecule has 112 valence electrons. The highest BCUT2D eigenvalue weighted by molar-refractivity contribution is 6.33. The maximum atomic E-state index is 9.61. The number of halogens is 1. The number of anilines is 1. The van der Waals surface area contributed by atoms with Gasteiger partial charge in [0.1, 0.15) is 0 Å². The molecule has 0 radical (unpaired) electrons. The van der Waals surface area contributed by atoms with Gasteiger partial charge in [0.25, 0.3) is 0 Å². The van der Waals surface area contributed by atoms with Crippen LogP contribution in [0.5, 0.6) is 0 Å². The van der Waals surface area contributed by atoms with Crippen molar-refractivity contribution in [1.82, 2.24) is 5.32 Å². The highest BCUT2D eigenvalue weighted by Gasteiger charge is 2.22. The van der Waals surface area contributed by atoms with Crippen molar-refractivity contribution in [1.29, 1.82) is 0 Å². The fourth-order valence-corrected chi connectivity index (χ4v) is 3.16. The zero-order chi connectivity index (χ0) is 14.4. The van der Waals surface area contributed by atoms with Crippen molar-refractivity contribution in [2.24, 2.45) is 0 Å². The molecule has 3 nitrogen and oxygen atoms in total. The van der Waals surface area contributed by atoms with Crippen LogP contribution >= 0.6 is 11.6 Å². The van der Waals surface area contributed by atoms with E-state index < -0.39 is 0 Å². The summed E-state index contributed by atoms with van der Waals surface area (Å²) in [5.41, 5.74) is 2.27. The standard InChI is InChI=1S/C16H25ClN2O/c1-2-18-11-13-7-8-16(15(17)10-13)19-9-5-3-4-6-14(19)12-20/h7-8,10,14,18,20H,2-6,9,11-12H2,1H3. The molecule has 2 N–H and O–H groups in total. The normalized spacial score (nSPS) is 19.9. The molecule has 2 rings (SSSR count). The van der Waals surface area contributed by atoms with Crippen LogP contribution in [-0.4, -0.2) is 30.8 Å². The monoisotopic (exact) mass is 296 g/mol. The van der Waals surface area contributed by atoms with Crippen molar-refractivity contribution in [2.45, 2.75) is 45.2 Å². The first-order valence-corrected chi connectivity index (χ1v) is 8.00. The molecule has 1 heterocycles. The lowest BCUT2D eigenvalue weighted by molar-refractivity contribution is 0.255. The van der Waals surface area contributed by atoms with Gasteiger partial charge >= 0.3 is 0 Å². The van der Waals surface area contributed by atoms with Gasteiger partial charge in [-0.05, 0) is 37.1 Å². The van der Waals surface area contributed by atoms with Gasteiger partial charge in [-0.3, -0.25) is 0 Å². The van der Waals surface area contributed by atoms with E-state index in [2.05, 4.69) is 29.3 Å². The number of aliphatic hydroxyl groups is 1. The van der Waals surface area contributed by atoms with Crippen molar-refractivity contribution < 1.29 is 5.11 Å². The van der Waals surface area contributed by atoms with Crippen molar-refractivity contribution >= 4 is 17.3 Å². The highest BCUT2D eigenvalue weighted by Crippen LogP contribution is 2.31. The Morgan fingerprint density at radius 2 is 2.20 bits per heavy atom. The topological polar surface area (TPSA) is 35.5 Å². The maximum Gasteiger partial charge on any atom is 0.0642 e. The molecule has 1 fully saturated rings. The zero-order valence-corrected chi connectivity index (χ0v) is 13.0. The lowest BCUT2D eigenvalue weighted by atomic mass is 10.1. The van der Waals surface area contributed by atoms with Gasteiger partial charge in [-0.25, -0.2) is 0 Å². The second-order valence-corrected chi connectivity index (χ2v) is 5.85. The third-order valence-corrected chi connectivity index (χ3v) is 4.29. The summed E-state index contributed by atoms with van der Waals surface area (Å²) in [4.78, 5) is 2.28. The first kappa shape index (κ1) is 15.6. The number of hydrogen-bond donors (Lipinski definition) is 2. The van der Waals surface area contributed by atoms with Crippen LogP contribution in [-0.2, 0) is 6.54 Å². The molecule has 1 aromatic rings. The third-order valence-electron chi connectivity index (χ3n) is 3.99. The first-order chi connectivity index (χ1) is 9.76. The molecular weight excluding hydrogens is 272 g/mol. The van der Waals surface area contributed by atoms with Crippen LogP contribution in [0.1, 0.15) is 38.2 Å². The minimum atomic E-state index is 0.203.